The highest BCUT2D eigenvalue weighted by Gasteiger charge is 2.19. The first-order valence-electron chi connectivity index (χ1n) is 6.87. The van der Waals surface area contributed by atoms with Crippen molar-refractivity contribution in [2.24, 2.45) is 10.9 Å². The molecule has 0 radical (unpaired) electrons. The second-order valence-corrected chi connectivity index (χ2v) is 5.12. The molecule has 1 unspecified atom stereocenters. The van der Waals surface area contributed by atoms with E-state index in [9.17, 15) is 8.78 Å². The first kappa shape index (κ1) is 18.1. The van der Waals surface area contributed by atoms with Gasteiger partial charge in [0.2, 0.25) is 0 Å². The van der Waals surface area contributed by atoms with Gasteiger partial charge in [0.15, 0.2) is 5.96 Å². The lowest BCUT2D eigenvalue weighted by Gasteiger charge is -2.33. The highest BCUT2D eigenvalue weighted by atomic mass is 127. The Morgan fingerprint density at radius 2 is 2.33 bits per heavy atom. The van der Waals surface area contributed by atoms with Crippen molar-refractivity contribution in [3.63, 3.8) is 0 Å². The average Bonchev–Trinajstić information content (AvgIpc) is 2.88. The number of piperidine rings is 1. The topological polar surface area (TPSA) is 45.5 Å². The molecule has 0 saturated carbocycles. The van der Waals surface area contributed by atoms with Crippen LogP contribution in [0.25, 0.3) is 0 Å². The molecule has 21 heavy (non-hydrogen) atoms. The van der Waals surface area contributed by atoms with Crippen LogP contribution in [0.15, 0.2) is 17.4 Å². The molecular formula is C13H22F2IN5. The molecule has 1 saturated heterocycles. The summed E-state index contributed by atoms with van der Waals surface area (Å²) in [6.07, 6.45) is 5.03. The molecule has 1 fully saturated rings. The molecule has 2 heterocycles. The third kappa shape index (κ3) is 4.79. The van der Waals surface area contributed by atoms with Gasteiger partial charge >= 0.3 is 6.55 Å². The summed E-state index contributed by atoms with van der Waals surface area (Å²) < 4.78 is 26.3. The predicted octanol–water partition coefficient (Wildman–Crippen LogP) is 2.70. The van der Waals surface area contributed by atoms with Gasteiger partial charge in [-0.2, -0.15) is 8.78 Å². The molecule has 1 aromatic rings. The number of aliphatic imine (C=N–C) groups is 1. The van der Waals surface area contributed by atoms with Crippen molar-refractivity contribution in [1.29, 1.82) is 0 Å². The molecule has 1 aliphatic rings. The van der Waals surface area contributed by atoms with Crippen molar-refractivity contribution < 1.29 is 8.78 Å². The highest BCUT2D eigenvalue weighted by Crippen LogP contribution is 2.16. The fourth-order valence-electron chi connectivity index (χ4n) is 2.53. The molecule has 0 bridgehead atoms. The zero-order chi connectivity index (χ0) is 14.5. The summed E-state index contributed by atoms with van der Waals surface area (Å²) in [4.78, 5) is 10.3. The molecular weight excluding hydrogens is 391 g/mol. The van der Waals surface area contributed by atoms with E-state index in [0.717, 1.165) is 30.0 Å². The Hall–Kier alpha value is -0.930. The zero-order valence-corrected chi connectivity index (χ0v) is 14.6. The SMILES string of the molecule is CN=C(NCc1nccn1C(F)F)N1CCCC(C)C1.I. The van der Waals surface area contributed by atoms with Crippen molar-refractivity contribution >= 4 is 29.9 Å². The fourth-order valence-corrected chi connectivity index (χ4v) is 2.53. The van der Waals surface area contributed by atoms with Crippen molar-refractivity contribution in [2.45, 2.75) is 32.9 Å². The molecule has 0 aliphatic carbocycles. The highest BCUT2D eigenvalue weighted by molar-refractivity contribution is 14.0. The molecule has 1 atom stereocenters. The van der Waals surface area contributed by atoms with Gasteiger partial charge in [-0.05, 0) is 18.8 Å². The van der Waals surface area contributed by atoms with Crippen LogP contribution >= 0.6 is 24.0 Å². The maximum absolute atomic E-state index is 12.7. The Bertz CT molecular complexity index is 463. The third-order valence-corrected chi connectivity index (χ3v) is 3.53. The van der Waals surface area contributed by atoms with E-state index in [0.29, 0.717) is 11.7 Å². The van der Waals surface area contributed by atoms with Gasteiger partial charge < -0.3 is 10.2 Å². The number of alkyl halides is 2. The van der Waals surface area contributed by atoms with E-state index in [-0.39, 0.29) is 30.5 Å². The molecule has 2 rings (SSSR count). The van der Waals surface area contributed by atoms with Crippen LogP contribution in [0, 0.1) is 5.92 Å². The summed E-state index contributed by atoms with van der Waals surface area (Å²) in [5.74, 6) is 1.69. The molecule has 5 nitrogen and oxygen atoms in total. The number of nitrogens with zero attached hydrogens (tertiary/aromatic N) is 4. The zero-order valence-electron chi connectivity index (χ0n) is 12.3. The van der Waals surface area contributed by atoms with E-state index in [1.807, 2.05) is 0 Å². The van der Waals surface area contributed by atoms with E-state index >= 15 is 0 Å². The Morgan fingerprint density at radius 3 is 2.95 bits per heavy atom. The van der Waals surface area contributed by atoms with Gasteiger partial charge in [0.25, 0.3) is 0 Å². The molecule has 8 heteroatoms. The van der Waals surface area contributed by atoms with Crippen LogP contribution in [-0.4, -0.2) is 40.5 Å². The first-order valence-corrected chi connectivity index (χ1v) is 6.87. The number of halogens is 3. The van der Waals surface area contributed by atoms with Crippen LogP contribution < -0.4 is 5.32 Å². The number of likely N-dealkylation sites (tertiary alicyclic amines) is 1. The fraction of sp³-hybridized carbons (Fsp3) is 0.692. The Kier molecular flexibility index (Phi) is 7.33. The summed E-state index contributed by atoms with van der Waals surface area (Å²) in [6.45, 7) is 1.79. The molecule has 0 spiro atoms. The van der Waals surface area contributed by atoms with Crippen LogP contribution in [0.5, 0.6) is 0 Å². The lowest BCUT2D eigenvalue weighted by atomic mass is 10.0. The largest absolute Gasteiger partial charge is 0.349 e. The lowest BCUT2D eigenvalue weighted by Crippen LogP contribution is -2.46. The van der Waals surface area contributed by atoms with Crippen molar-refractivity contribution in [2.75, 3.05) is 20.1 Å². The van der Waals surface area contributed by atoms with E-state index in [2.05, 4.69) is 27.1 Å². The first-order chi connectivity index (χ1) is 9.61. The number of imidazole rings is 1. The van der Waals surface area contributed by atoms with Gasteiger partial charge in [0.1, 0.15) is 5.82 Å². The van der Waals surface area contributed by atoms with E-state index < -0.39 is 6.55 Å². The molecule has 0 amide bonds. The number of hydrogen-bond donors (Lipinski definition) is 1. The van der Waals surface area contributed by atoms with Gasteiger partial charge in [-0.1, -0.05) is 6.92 Å². The number of nitrogens with one attached hydrogen (secondary N) is 1. The Morgan fingerprint density at radius 1 is 1.57 bits per heavy atom. The van der Waals surface area contributed by atoms with Crippen LogP contribution in [-0.2, 0) is 6.54 Å². The summed E-state index contributed by atoms with van der Waals surface area (Å²) in [5, 5.41) is 3.12. The van der Waals surface area contributed by atoms with Crippen molar-refractivity contribution in [1.82, 2.24) is 19.8 Å². The summed E-state index contributed by atoms with van der Waals surface area (Å²) in [5.41, 5.74) is 0. The number of rotatable bonds is 3. The smallest absolute Gasteiger partial charge is 0.319 e. The normalized spacial score (nSPS) is 19.6. The Balaban J connectivity index is 0.00000220. The summed E-state index contributed by atoms with van der Waals surface area (Å²) in [6, 6.07) is 0. The molecule has 1 aromatic heterocycles. The van der Waals surface area contributed by atoms with Gasteiger partial charge in [0.05, 0.1) is 6.54 Å². The van der Waals surface area contributed by atoms with Gasteiger partial charge in [-0.15, -0.1) is 24.0 Å². The van der Waals surface area contributed by atoms with Crippen LogP contribution in [0.1, 0.15) is 32.1 Å². The second-order valence-electron chi connectivity index (χ2n) is 5.12. The number of aromatic nitrogens is 2. The minimum absolute atomic E-state index is 0. The molecule has 0 aromatic carbocycles. The maximum atomic E-state index is 12.7. The second kappa shape index (κ2) is 8.50. The van der Waals surface area contributed by atoms with E-state index in [1.165, 1.54) is 18.8 Å². The minimum atomic E-state index is -2.56. The minimum Gasteiger partial charge on any atom is -0.349 e. The number of guanidine groups is 1. The van der Waals surface area contributed by atoms with Gasteiger partial charge in [-0.3, -0.25) is 9.56 Å². The van der Waals surface area contributed by atoms with Gasteiger partial charge in [-0.25, -0.2) is 4.98 Å². The number of hydrogen-bond acceptors (Lipinski definition) is 2. The average molecular weight is 413 g/mol. The maximum Gasteiger partial charge on any atom is 0.319 e. The standard InChI is InChI=1S/C13H21F2N5.HI/c1-10-4-3-6-19(9-10)13(16-2)18-8-11-17-5-7-20(11)12(14)15;/h5,7,10,12H,3-4,6,8-9H2,1-2H3,(H,16,18);1H. The monoisotopic (exact) mass is 413 g/mol. The van der Waals surface area contributed by atoms with E-state index in [4.69, 9.17) is 0 Å². The molecule has 1 aliphatic heterocycles. The Labute approximate surface area is 140 Å². The van der Waals surface area contributed by atoms with Crippen molar-refractivity contribution in [3.8, 4) is 0 Å². The quantitative estimate of drug-likeness (QED) is 0.471. The third-order valence-electron chi connectivity index (χ3n) is 3.53. The molecule has 1 N–H and O–H groups in total. The van der Waals surface area contributed by atoms with Gasteiger partial charge in [0, 0.05) is 32.5 Å². The lowest BCUT2D eigenvalue weighted by molar-refractivity contribution is 0.0668. The molecule has 120 valence electrons. The van der Waals surface area contributed by atoms with Crippen LogP contribution in [0.3, 0.4) is 0 Å². The van der Waals surface area contributed by atoms with Crippen LogP contribution in [0.4, 0.5) is 8.78 Å². The van der Waals surface area contributed by atoms with Crippen molar-refractivity contribution in [3.05, 3.63) is 18.2 Å². The predicted molar refractivity (Wildman–Crippen MR) is 89.1 cm³/mol. The van der Waals surface area contributed by atoms with Crippen LogP contribution in [0.2, 0.25) is 0 Å². The summed E-state index contributed by atoms with van der Waals surface area (Å²) in [7, 11) is 1.71. The summed E-state index contributed by atoms with van der Waals surface area (Å²) >= 11 is 0. The van der Waals surface area contributed by atoms with E-state index in [1.54, 1.807) is 7.05 Å².